The Morgan fingerprint density at radius 2 is 2.10 bits per heavy atom. The van der Waals surface area contributed by atoms with E-state index in [4.69, 9.17) is 6.57 Å². The van der Waals surface area contributed by atoms with Crippen LogP contribution in [0, 0.1) is 12.5 Å². The first-order chi connectivity index (χ1) is 4.75. The van der Waals surface area contributed by atoms with Gasteiger partial charge in [0.25, 0.3) is 0 Å². The van der Waals surface area contributed by atoms with Crippen LogP contribution in [0.4, 0.5) is 8.78 Å². The van der Waals surface area contributed by atoms with Gasteiger partial charge in [0, 0.05) is 6.42 Å². The summed E-state index contributed by atoms with van der Waals surface area (Å²) in [6.45, 7) is 6.62. The molecule has 1 fully saturated rings. The van der Waals surface area contributed by atoms with Gasteiger partial charge in [-0.05, 0) is 12.8 Å². The number of nitrogens with zero attached hydrogens (tertiary/aromatic N) is 1. The smallest absolute Gasteiger partial charge is 0.248 e. The zero-order valence-corrected chi connectivity index (χ0v) is 5.56. The molecule has 0 radical (unpaired) electrons. The van der Waals surface area contributed by atoms with Crippen molar-refractivity contribution in [3.8, 4) is 0 Å². The van der Waals surface area contributed by atoms with E-state index in [2.05, 4.69) is 4.85 Å². The van der Waals surface area contributed by atoms with E-state index in [1.165, 1.54) is 0 Å². The van der Waals surface area contributed by atoms with E-state index >= 15 is 0 Å². The second-order valence-corrected chi connectivity index (χ2v) is 2.63. The zero-order valence-electron chi connectivity index (χ0n) is 5.56. The summed E-state index contributed by atoms with van der Waals surface area (Å²) in [6.07, 6.45) is -0.299. The Bertz CT molecular complexity index is 150. The molecule has 1 aliphatic carbocycles. The van der Waals surface area contributed by atoms with Gasteiger partial charge in [-0.25, -0.2) is 15.4 Å². The van der Waals surface area contributed by atoms with Crippen molar-refractivity contribution in [3.05, 3.63) is 11.4 Å². The lowest BCUT2D eigenvalue weighted by molar-refractivity contribution is 0.0780. The summed E-state index contributed by atoms with van der Waals surface area (Å²) in [5.74, 6) is -0.641. The minimum absolute atomic E-state index is 0.403. The molecule has 0 spiro atoms. The van der Waals surface area contributed by atoms with Crippen LogP contribution in [-0.2, 0) is 0 Å². The highest BCUT2D eigenvalue weighted by atomic mass is 19.3. The predicted molar refractivity (Wildman–Crippen MR) is 33.7 cm³/mol. The van der Waals surface area contributed by atoms with Crippen molar-refractivity contribution < 1.29 is 8.78 Å². The fourth-order valence-corrected chi connectivity index (χ4v) is 1.42. The quantitative estimate of drug-likeness (QED) is 0.499. The van der Waals surface area contributed by atoms with Crippen molar-refractivity contribution in [2.45, 2.75) is 31.7 Å². The molecule has 0 amide bonds. The average Bonchev–Trinajstić information content (AvgIpc) is 2.33. The zero-order chi connectivity index (χ0) is 7.56. The molecule has 2 atom stereocenters. The lowest BCUT2D eigenvalue weighted by atomic mass is 10.1. The van der Waals surface area contributed by atoms with Crippen molar-refractivity contribution in [1.82, 2.24) is 0 Å². The Labute approximate surface area is 58.9 Å². The molecule has 0 aromatic rings. The van der Waals surface area contributed by atoms with Crippen LogP contribution in [0.1, 0.15) is 19.3 Å². The first-order valence-corrected chi connectivity index (χ1v) is 3.40. The van der Waals surface area contributed by atoms with Crippen molar-refractivity contribution in [1.29, 1.82) is 0 Å². The summed E-state index contributed by atoms with van der Waals surface area (Å²) < 4.78 is 24.1. The molecule has 1 nitrogen and oxygen atoms in total. The van der Waals surface area contributed by atoms with E-state index < -0.39 is 18.4 Å². The first kappa shape index (κ1) is 7.46. The largest absolute Gasteiger partial charge is 0.313 e. The maximum absolute atomic E-state index is 12.0. The lowest BCUT2D eigenvalue weighted by Gasteiger charge is -2.06. The molecule has 0 bridgehead atoms. The minimum Gasteiger partial charge on any atom is -0.313 e. The van der Waals surface area contributed by atoms with Crippen LogP contribution in [0.15, 0.2) is 0 Å². The summed E-state index contributed by atoms with van der Waals surface area (Å²) in [7, 11) is 0. The number of halogens is 2. The van der Waals surface area contributed by atoms with Crippen molar-refractivity contribution in [2.24, 2.45) is 5.92 Å². The Morgan fingerprint density at radius 3 is 2.50 bits per heavy atom. The van der Waals surface area contributed by atoms with E-state index in [9.17, 15) is 8.78 Å². The fraction of sp³-hybridized carbons (Fsp3) is 0.857. The average molecular weight is 145 g/mol. The van der Waals surface area contributed by atoms with Gasteiger partial charge in [0.05, 0.1) is 5.92 Å². The van der Waals surface area contributed by atoms with Gasteiger partial charge in [-0.3, -0.25) is 0 Å². The van der Waals surface area contributed by atoms with Crippen molar-refractivity contribution >= 4 is 0 Å². The van der Waals surface area contributed by atoms with Crippen LogP contribution in [0.3, 0.4) is 0 Å². The van der Waals surface area contributed by atoms with Gasteiger partial charge in [0.15, 0.2) is 0 Å². The van der Waals surface area contributed by atoms with Crippen LogP contribution in [0.25, 0.3) is 4.85 Å². The summed E-state index contributed by atoms with van der Waals surface area (Å²) in [5.41, 5.74) is 0. The molecular weight excluding hydrogens is 136 g/mol. The summed E-state index contributed by atoms with van der Waals surface area (Å²) in [5, 5.41) is 0. The topological polar surface area (TPSA) is 4.36 Å². The third kappa shape index (κ3) is 1.26. The number of hydrogen-bond donors (Lipinski definition) is 0. The SMILES string of the molecule is [C-]#[N+]C1CCCC1C(F)F. The normalized spacial score (nSPS) is 32.6. The fourth-order valence-electron chi connectivity index (χ4n) is 1.42. The lowest BCUT2D eigenvalue weighted by Crippen LogP contribution is -2.17. The van der Waals surface area contributed by atoms with Crippen LogP contribution < -0.4 is 0 Å². The number of hydrogen-bond acceptors (Lipinski definition) is 0. The van der Waals surface area contributed by atoms with Gasteiger partial charge >= 0.3 is 0 Å². The molecule has 1 saturated carbocycles. The molecule has 2 unspecified atom stereocenters. The van der Waals surface area contributed by atoms with E-state index in [0.29, 0.717) is 12.8 Å². The standard InChI is InChI=1S/C7H9F2N/c1-10-6-4-2-3-5(6)7(8)9/h5-7H,2-4H2. The van der Waals surface area contributed by atoms with E-state index in [1.54, 1.807) is 0 Å². The molecule has 1 aliphatic rings. The molecule has 0 N–H and O–H groups in total. The molecule has 0 aromatic heterocycles. The molecule has 56 valence electrons. The molecule has 3 heteroatoms. The van der Waals surface area contributed by atoms with Gasteiger partial charge in [-0.2, -0.15) is 0 Å². The van der Waals surface area contributed by atoms with Gasteiger partial charge in [-0.1, -0.05) is 0 Å². The first-order valence-electron chi connectivity index (χ1n) is 3.40. The third-order valence-corrected chi connectivity index (χ3v) is 2.02. The highest BCUT2D eigenvalue weighted by Gasteiger charge is 2.38. The highest BCUT2D eigenvalue weighted by Crippen LogP contribution is 2.32. The van der Waals surface area contributed by atoms with E-state index in [-0.39, 0.29) is 0 Å². The predicted octanol–water partition coefficient (Wildman–Crippen LogP) is 2.34. The monoisotopic (exact) mass is 145 g/mol. The van der Waals surface area contributed by atoms with Gasteiger partial charge in [0.1, 0.15) is 0 Å². The van der Waals surface area contributed by atoms with Crippen LogP contribution in [0.5, 0.6) is 0 Å². The maximum Gasteiger partial charge on any atom is 0.248 e. The van der Waals surface area contributed by atoms with E-state index in [0.717, 1.165) is 6.42 Å². The molecule has 0 aromatic carbocycles. The molecule has 0 saturated heterocycles. The van der Waals surface area contributed by atoms with Crippen molar-refractivity contribution in [2.75, 3.05) is 0 Å². The van der Waals surface area contributed by atoms with Crippen LogP contribution >= 0.6 is 0 Å². The van der Waals surface area contributed by atoms with Gasteiger partial charge < -0.3 is 4.85 Å². The second kappa shape index (κ2) is 2.96. The minimum atomic E-state index is -2.29. The number of rotatable bonds is 1. The molecule has 0 heterocycles. The molecule has 1 rings (SSSR count). The second-order valence-electron chi connectivity index (χ2n) is 2.63. The molecule has 10 heavy (non-hydrogen) atoms. The Hall–Kier alpha value is -0.650. The van der Waals surface area contributed by atoms with Crippen LogP contribution in [0.2, 0.25) is 0 Å². The van der Waals surface area contributed by atoms with Gasteiger partial charge in [0.2, 0.25) is 12.5 Å². The Morgan fingerprint density at radius 1 is 1.40 bits per heavy atom. The summed E-state index contributed by atoms with van der Waals surface area (Å²) in [4.78, 5) is 3.16. The molecular formula is C7H9F2N. The molecule has 0 aliphatic heterocycles. The summed E-state index contributed by atoms with van der Waals surface area (Å²) >= 11 is 0. The Balaban J connectivity index is 2.52. The van der Waals surface area contributed by atoms with E-state index in [1.807, 2.05) is 0 Å². The highest BCUT2D eigenvalue weighted by molar-refractivity contribution is 4.91. The van der Waals surface area contributed by atoms with Crippen LogP contribution in [-0.4, -0.2) is 12.5 Å². The third-order valence-electron chi connectivity index (χ3n) is 2.02. The van der Waals surface area contributed by atoms with Crippen molar-refractivity contribution in [3.63, 3.8) is 0 Å². The summed E-state index contributed by atoms with van der Waals surface area (Å²) in [6, 6.07) is -0.403. The maximum atomic E-state index is 12.0. The number of alkyl halides is 2. The van der Waals surface area contributed by atoms with Gasteiger partial charge in [-0.15, -0.1) is 0 Å². The Kier molecular flexibility index (Phi) is 2.21.